The standard InChI is InChI=1S/C15H27N3O/c1-12(2)16-10-14-9-15(19-17-14)11-18-7-4-5-13(3)6-8-18/h9,12-13,16H,4-8,10-11H2,1-3H3. The molecule has 0 spiro atoms. The molecule has 0 bridgehead atoms. The second-order valence-electron chi connectivity index (χ2n) is 6.13. The Balaban J connectivity index is 1.82. The minimum atomic E-state index is 0.479. The molecule has 4 nitrogen and oxygen atoms in total. The monoisotopic (exact) mass is 265 g/mol. The van der Waals surface area contributed by atoms with E-state index in [1.54, 1.807) is 0 Å². The molecule has 1 aromatic heterocycles. The van der Waals surface area contributed by atoms with Crippen LogP contribution in [0.15, 0.2) is 10.6 Å². The van der Waals surface area contributed by atoms with E-state index in [0.717, 1.165) is 30.5 Å². The molecule has 1 atom stereocenters. The summed E-state index contributed by atoms with van der Waals surface area (Å²) < 4.78 is 5.44. The predicted octanol–water partition coefficient (Wildman–Crippen LogP) is 2.79. The first-order valence-corrected chi connectivity index (χ1v) is 7.53. The smallest absolute Gasteiger partial charge is 0.151 e. The maximum absolute atomic E-state index is 5.44. The number of rotatable bonds is 5. The summed E-state index contributed by atoms with van der Waals surface area (Å²) in [6.07, 6.45) is 3.96. The lowest BCUT2D eigenvalue weighted by atomic mass is 10.0. The van der Waals surface area contributed by atoms with Gasteiger partial charge in [-0.3, -0.25) is 4.90 Å². The highest BCUT2D eigenvalue weighted by molar-refractivity contribution is 5.05. The molecule has 108 valence electrons. The lowest BCUT2D eigenvalue weighted by Crippen LogP contribution is -2.24. The van der Waals surface area contributed by atoms with Crippen molar-refractivity contribution >= 4 is 0 Å². The molecular weight excluding hydrogens is 238 g/mol. The summed E-state index contributed by atoms with van der Waals surface area (Å²) in [7, 11) is 0. The number of hydrogen-bond acceptors (Lipinski definition) is 4. The molecule has 1 aliphatic heterocycles. The van der Waals surface area contributed by atoms with Gasteiger partial charge in [-0.05, 0) is 38.3 Å². The van der Waals surface area contributed by atoms with E-state index < -0.39 is 0 Å². The number of hydrogen-bond donors (Lipinski definition) is 1. The quantitative estimate of drug-likeness (QED) is 0.889. The van der Waals surface area contributed by atoms with E-state index >= 15 is 0 Å². The molecule has 2 heterocycles. The van der Waals surface area contributed by atoms with Crippen LogP contribution in [0, 0.1) is 5.92 Å². The summed E-state index contributed by atoms with van der Waals surface area (Å²) >= 11 is 0. The van der Waals surface area contributed by atoms with Crippen LogP contribution < -0.4 is 5.32 Å². The van der Waals surface area contributed by atoms with Crippen LogP contribution in [0.3, 0.4) is 0 Å². The first kappa shape index (κ1) is 14.5. The Morgan fingerprint density at radius 3 is 3.05 bits per heavy atom. The fraction of sp³-hybridized carbons (Fsp3) is 0.800. The fourth-order valence-corrected chi connectivity index (χ4v) is 2.52. The van der Waals surface area contributed by atoms with Gasteiger partial charge in [0.05, 0.1) is 12.2 Å². The van der Waals surface area contributed by atoms with E-state index in [1.165, 1.54) is 32.4 Å². The molecule has 1 N–H and O–H groups in total. The molecule has 2 rings (SSSR count). The highest BCUT2D eigenvalue weighted by atomic mass is 16.5. The van der Waals surface area contributed by atoms with Crippen LogP contribution in [-0.4, -0.2) is 29.2 Å². The number of aromatic nitrogens is 1. The van der Waals surface area contributed by atoms with Gasteiger partial charge in [-0.15, -0.1) is 0 Å². The molecule has 0 aliphatic carbocycles. The molecule has 1 aliphatic rings. The third kappa shape index (κ3) is 4.96. The van der Waals surface area contributed by atoms with Crippen molar-refractivity contribution in [1.82, 2.24) is 15.4 Å². The molecule has 1 saturated heterocycles. The molecule has 0 saturated carbocycles. The Kier molecular flexibility index (Phi) is 5.40. The largest absolute Gasteiger partial charge is 0.360 e. The third-order valence-electron chi connectivity index (χ3n) is 3.79. The maximum atomic E-state index is 5.44. The Hall–Kier alpha value is -0.870. The van der Waals surface area contributed by atoms with Crippen molar-refractivity contribution < 1.29 is 4.52 Å². The van der Waals surface area contributed by atoms with Crippen molar-refractivity contribution in [3.8, 4) is 0 Å². The Morgan fingerprint density at radius 2 is 2.26 bits per heavy atom. The van der Waals surface area contributed by atoms with Crippen molar-refractivity contribution in [2.75, 3.05) is 13.1 Å². The summed E-state index contributed by atoms with van der Waals surface area (Å²) in [5, 5.41) is 7.49. The van der Waals surface area contributed by atoms with Crippen LogP contribution in [0.4, 0.5) is 0 Å². The lowest BCUT2D eigenvalue weighted by Gasteiger charge is -2.17. The SMILES string of the molecule is CC1CCCN(Cc2cc(CNC(C)C)no2)CC1. The van der Waals surface area contributed by atoms with Gasteiger partial charge in [0.25, 0.3) is 0 Å². The van der Waals surface area contributed by atoms with Gasteiger partial charge in [0, 0.05) is 18.7 Å². The van der Waals surface area contributed by atoms with Crippen molar-refractivity contribution in [1.29, 1.82) is 0 Å². The van der Waals surface area contributed by atoms with Gasteiger partial charge in [0.15, 0.2) is 5.76 Å². The third-order valence-corrected chi connectivity index (χ3v) is 3.79. The average molecular weight is 265 g/mol. The van der Waals surface area contributed by atoms with Gasteiger partial charge >= 0.3 is 0 Å². The zero-order valence-corrected chi connectivity index (χ0v) is 12.5. The van der Waals surface area contributed by atoms with E-state index in [0.29, 0.717) is 6.04 Å². The fourth-order valence-electron chi connectivity index (χ4n) is 2.52. The second kappa shape index (κ2) is 7.06. The number of nitrogens with one attached hydrogen (secondary N) is 1. The van der Waals surface area contributed by atoms with Gasteiger partial charge in [0.2, 0.25) is 0 Å². The highest BCUT2D eigenvalue weighted by Gasteiger charge is 2.15. The summed E-state index contributed by atoms with van der Waals surface area (Å²) in [5.74, 6) is 1.86. The van der Waals surface area contributed by atoms with Crippen molar-refractivity contribution in [3.05, 3.63) is 17.5 Å². The molecule has 19 heavy (non-hydrogen) atoms. The summed E-state index contributed by atoms with van der Waals surface area (Å²) in [6.45, 7) is 10.7. The van der Waals surface area contributed by atoms with E-state index in [-0.39, 0.29) is 0 Å². The van der Waals surface area contributed by atoms with E-state index in [2.05, 4.69) is 42.2 Å². The molecular formula is C15H27N3O. The maximum Gasteiger partial charge on any atom is 0.151 e. The molecule has 0 radical (unpaired) electrons. The van der Waals surface area contributed by atoms with E-state index in [9.17, 15) is 0 Å². The summed E-state index contributed by atoms with van der Waals surface area (Å²) in [6, 6.07) is 2.57. The molecule has 1 fully saturated rings. The normalized spacial score (nSPS) is 21.8. The van der Waals surface area contributed by atoms with Gasteiger partial charge in [0.1, 0.15) is 0 Å². The second-order valence-corrected chi connectivity index (χ2v) is 6.13. The molecule has 0 amide bonds. The highest BCUT2D eigenvalue weighted by Crippen LogP contribution is 2.18. The van der Waals surface area contributed by atoms with Crippen molar-refractivity contribution in [2.24, 2.45) is 5.92 Å². The molecule has 4 heteroatoms. The minimum absolute atomic E-state index is 0.479. The van der Waals surface area contributed by atoms with E-state index in [4.69, 9.17) is 4.52 Å². The zero-order valence-electron chi connectivity index (χ0n) is 12.5. The minimum Gasteiger partial charge on any atom is -0.360 e. The van der Waals surface area contributed by atoms with Gasteiger partial charge in [-0.2, -0.15) is 0 Å². The molecule has 1 unspecified atom stereocenters. The Bertz CT molecular complexity index is 375. The summed E-state index contributed by atoms with van der Waals surface area (Å²) in [4.78, 5) is 2.49. The van der Waals surface area contributed by atoms with Gasteiger partial charge in [-0.25, -0.2) is 0 Å². The van der Waals surface area contributed by atoms with Crippen LogP contribution >= 0.6 is 0 Å². The first-order chi connectivity index (χ1) is 9.13. The topological polar surface area (TPSA) is 41.3 Å². The first-order valence-electron chi connectivity index (χ1n) is 7.53. The number of likely N-dealkylation sites (tertiary alicyclic amines) is 1. The summed E-state index contributed by atoms with van der Waals surface area (Å²) in [5.41, 5.74) is 1.01. The number of nitrogens with zero attached hydrogens (tertiary/aromatic N) is 2. The molecule has 0 aromatic carbocycles. The van der Waals surface area contributed by atoms with Crippen LogP contribution in [0.2, 0.25) is 0 Å². The van der Waals surface area contributed by atoms with E-state index in [1.807, 2.05) is 0 Å². The Morgan fingerprint density at radius 1 is 1.42 bits per heavy atom. The van der Waals surface area contributed by atoms with Crippen LogP contribution in [-0.2, 0) is 13.1 Å². The molecule has 1 aromatic rings. The van der Waals surface area contributed by atoms with Crippen LogP contribution in [0.1, 0.15) is 51.5 Å². The van der Waals surface area contributed by atoms with Crippen LogP contribution in [0.25, 0.3) is 0 Å². The van der Waals surface area contributed by atoms with Gasteiger partial charge < -0.3 is 9.84 Å². The van der Waals surface area contributed by atoms with Crippen molar-refractivity contribution in [2.45, 2.75) is 59.2 Å². The van der Waals surface area contributed by atoms with Crippen molar-refractivity contribution in [3.63, 3.8) is 0 Å². The Labute approximate surface area is 116 Å². The lowest BCUT2D eigenvalue weighted by molar-refractivity contribution is 0.236. The van der Waals surface area contributed by atoms with Crippen LogP contribution in [0.5, 0.6) is 0 Å². The van der Waals surface area contributed by atoms with Gasteiger partial charge in [-0.1, -0.05) is 25.9 Å². The average Bonchev–Trinajstić information content (AvgIpc) is 2.71. The zero-order chi connectivity index (χ0) is 13.7. The predicted molar refractivity (Wildman–Crippen MR) is 76.8 cm³/mol.